The Bertz CT molecular complexity index is 1450. The molecule has 0 bridgehead atoms. The average Bonchev–Trinajstić information content (AvgIpc) is 3.39. The highest BCUT2D eigenvalue weighted by atomic mass is 32.1. The van der Waals surface area contributed by atoms with E-state index in [1.807, 2.05) is 72.8 Å². The third-order valence-electron chi connectivity index (χ3n) is 5.55. The second-order valence-corrected chi connectivity index (χ2v) is 9.33. The van der Waals surface area contributed by atoms with Gasteiger partial charge in [-0.25, -0.2) is 4.79 Å². The molecular weight excluding hydrogens is 516 g/mol. The molecule has 2 amide bonds. The number of carbonyl (C=O) groups is 4. The number of rotatable bonds is 10. The predicted octanol–water partition coefficient (Wildman–Crippen LogP) is 5.17. The summed E-state index contributed by atoms with van der Waals surface area (Å²) in [5, 5.41) is 5.40. The van der Waals surface area contributed by atoms with Crippen LogP contribution in [0, 0.1) is 0 Å². The molecule has 8 nitrogen and oxygen atoms in total. The first kappa shape index (κ1) is 27.3. The Morgan fingerprint density at radius 1 is 0.769 bits per heavy atom. The van der Waals surface area contributed by atoms with Gasteiger partial charge < -0.3 is 20.1 Å². The number of ether oxygens (including phenoxy) is 2. The van der Waals surface area contributed by atoms with Crippen LogP contribution in [0.2, 0.25) is 0 Å². The lowest BCUT2D eigenvalue weighted by molar-refractivity contribution is -0.146. The topological polar surface area (TPSA) is 111 Å². The summed E-state index contributed by atoms with van der Waals surface area (Å²) in [4.78, 5) is 50.2. The van der Waals surface area contributed by atoms with E-state index >= 15 is 0 Å². The number of amides is 2. The van der Waals surface area contributed by atoms with E-state index in [1.165, 1.54) is 11.3 Å². The lowest BCUT2D eigenvalue weighted by Crippen LogP contribution is -2.32. The van der Waals surface area contributed by atoms with Gasteiger partial charge in [0.15, 0.2) is 6.61 Å². The summed E-state index contributed by atoms with van der Waals surface area (Å²) in [5.41, 5.74) is 3.47. The van der Waals surface area contributed by atoms with Gasteiger partial charge in [0.1, 0.15) is 11.5 Å². The molecule has 0 fully saturated rings. The normalized spacial score (nSPS) is 10.4. The van der Waals surface area contributed by atoms with E-state index in [4.69, 9.17) is 9.47 Å². The Morgan fingerprint density at radius 3 is 2.03 bits per heavy atom. The van der Waals surface area contributed by atoms with Crippen molar-refractivity contribution >= 4 is 40.1 Å². The standard InChI is InChI=1S/C30H26N2O6S/c1-2-37-30(36)24-17-25(22-11-7-4-8-12-22)39-29(24)32-26(33)19-38-27(34)18-31-28(35)23-15-13-21(14-16-23)20-9-5-3-6-10-20/h3-17H,2,18-19H2,1H3,(H,31,35)(H,32,33). The van der Waals surface area contributed by atoms with E-state index in [0.29, 0.717) is 10.6 Å². The van der Waals surface area contributed by atoms with E-state index in [1.54, 1.807) is 25.1 Å². The summed E-state index contributed by atoms with van der Waals surface area (Å²) >= 11 is 1.21. The molecule has 3 aromatic carbocycles. The molecule has 2 N–H and O–H groups in total. The summed E-state index contributed by atoms with van der Waals surface area (Å²) < 4.78 is 10.1. The lowest BCUT2D eigenvalue weighted by Gasteiger charge is -2.08. The van der Waals surface area contributed by atoms with Crippen molar-refractivity contribution in [3.05, 3.63) is 102 Å². The Labute approximate surface area is 229 Å². The van der Waals surface area contributed by atoms with Crippen molar-refractivity contribution in [1.82, 2.24) is 5.32 Å². The fourth-order valence-electron chi connectivity index (χ4n) is 3.65. The Balaban J connectivity index is 1.29. The Kier molecular flexibility index (Phi) is 9.20. The highest BCUT2D eigenvalue weighted by molar-refractivity contribution is 7.20. The van der Waals surface area contributed by atoms with Crippen LogP contribution in [0.1, 0.15) is 27.6 Å². The van der Waals surface area contributed by atoms with Crippen LogP contribution >= 0.6 is 11.3 Å². The minimum Gasteiger partial charge on any atom is -0.462 e. The van der Waals surface area contributed by atoms with Crippen LogP contribution in [0.25, 0.3) is 21.6 Å². The van der Waals surface area contributed by atoms with Crippen molar-refractivity contribution in [3.63, 3.8) is 0 Å². The maximum atomic E-state index is 12.5. The molecule has 0 saturated carbocycles. The molecule has 0 aliphatic heterocycles. The van der Waals surface area contributed by atoms with Crippen LogP contribution in [0.5, 0.6) is 0 Å². The molecular formula is C30H26N2O6S. The molecule has 0 radical (unpaired) electrons. The number of nitrogens with one attached hydrogen (secondary N) is 2. The van der Waals surface area contributed by atoms with Gasteiger partial charge in [-0.05, 0) is 41.8 Å². The third kappa shape index (κ3) is 7.39. The maximum Gasteiger partial charge on any atom is 0.341 e. The van der Waals surface area contributed by atoms with Crippen LogP contribution in [-0.2, 0) is 19.1 Å². The van der Waals surface area contributed by atoms with E-state index in [-0.39, 0.29) is 12.2 Å². The third-order valence-corrected chi connectivity index (χ3v) is 6.65. The first-order valence-corrected chi connectivity index (χ1v) is 13.0. The smallest absolute Gasteiger partial charge is 0.341 e. The number of benzene rings is 3. The summed E-state index contributed by atoms with van der Waals surface area (Å²) in [6.07, 6.45) is 0. The fraction of sp³-hybridized carbons (Fsp3) is 0.133. The van der Waals surface area contributed by atoms with Gasteiger partial charge in [-0.15, -0.1) is 11.3 Å². The van der Waals surface area contributed by atoms with Crippen LogP contribution in [0.15, 0.2) is 91.0 Å². The van der Waals surface area contributed by atoms with Gasteiger partial charge in [0, 0.05) is 10.4 Å². The minimum atomic E-state index is -0.777. The quantitative estimate of drug-likeness (QED) is 0.268. The molecule has 0 saturated heterocycles. The van der Waals surface area contributed by atoms with Gasteiger partial charge in [-0.2, -0.15) is 0 Å². The summed E-state index contributed by atoms with van der Waals surface area (Å²) in [6, 6.07) is 27.8. The number of esters is 2. The molecule has 0 aliphatic carbocycles. The first-order valence-electron chi connectivity index (χ1n) is 12.2. The fourth-order valence-corrected chi connectivity index (χ4v) is 4.72. The van der Waals surface area contributed by atoms with Crippen molar-refractivity contribution in [2.24, 2.45) is 0 Å². The maximum absolute atomic E-state index is 12.5. The SMILES string of the molecule is CCOC(=O)c1cc(-c2ccccc2)sc1NC(=O)COC(=O)CNC(=O)c1ccc(-c2ccccc2)cc1. The van der Waals surface area contributed by atoms with Gasteiger partial charge in [-0.1, -0.05) is 72.8 Å². The molecule has 39 heavy (non-hydrogen) atoms. The summed E-state index contributed by atoms with van der Waals surface area (Å²) in [7, 11) is 0. The van der Waals surface area contributed by atoms with Crippen LogP contribution in [-0.4, -0.2) is 43.5 Å². The van der Waals surface area contributed by atoms with E-state index in [0.717, 1.165) is 21.6 Å². The van der Waals surface area contributed by atoms with E-state index in [2.05, 4.69) is 10.6 Å². The van der Waals surface area contributed by atoms with Gasteiger partial charge in [-0.3, -0.25) is 14.4 Å². The molecule has 0 atom stereocenters. The molecule has 4 aromatic rings. The number of hydrogen-bond acceptors (Lipinski definition) is 7. The lowest BCUT2D eigenvalue weighted by atomic mass is 10.0. The van der Waals surface area contributed by atoms with Gasteiger partial charge in [0.2, 0.25) is 0 Å². The zero-order valence-corrected chi connectivity index (χ0v) is 22.0. The van der Waals surface area contributed by atoms with E-state index in [9.17, 15) is 19.2 Å². The van der Waals surface area contributed by atoms with Crippen LogP contribution in [0.4, 0.5) is 5.00 Å². The molecule has 1 heterocycles. The van der Waals surface area contributed by atoms with Crippen molar-refractivity contribution < 1.29 is 28.7 Å². The largest absolute Gasteiger partial charge is 0.462 e. The second-order valence-electron chi connectivity index (χ2n) is 8.27. The monoisotopic (exact) mass is 542 g/mol. The molecule has 0 spiro atoms. The predicted molar refractivity (Wildman–Crippen MR) is 150 cm³/mol. The minimum absolute atomic E-state index is 0.184. The second kappa shape index (κ2) is 13.2. The first-order chi connectivity index (χ1) is 18.9. The number of anilines is 1. The summed E-state index contributed by atoms with van der Waals surface area (Å²) in [6.45, 7) is 0.890. The summed E-state index contributed by atoms with van der Waals surface area (Å²) in [5.74, 6) is -2.41. The number of thiophene rings is 1. The highest BCUT2D eigenvalue weighted by Gasteiger charge is 2.20. The Hall–Kier alpha value is -4.76. The van der Waals surface area contributed by atoms with Crippen molar-refractivity contribution in [3.8, 4) is 21.6 Å². The zero-order valence-electron chi connectivity index (χ0n) is 21.1. The average molecular weight is 543 g/mol. The van der Waals surface area contributed by atoms with Crippen molar-refractivity contribution in [2.45, 2.75) is 6.92 Å². The molecule has 0 aliphatic rings. The molecule has 1 aromatic heterocycles. The van der Waals surface area contributed by atoms with Crippen LogP contribution < -0.4 is 10.6 Å². The van der Waals surface area contributed by atoms with Gasteiger partial charge in [0.25, 0.3) is 11.8 Å². The van der Waals surface area contributed by atoms with Crippen molar-refractivity contribution in [1.29, 1.82) is 0 Å². The number of carbonyl (C=O) groups excluding carboxylic acids is 4. The van der Waals surface area contributed by atoms with Crippen molar-refractivity contribution in [2.75, 3.05) is 25.1 Å². The zero-order chi connectivity index (χ0) is 27.6. The highest BCUT2D eigenvalue weighted by Crippen LogP contribution is 2.36. The van der Waals surface area contributed by atoms with Gasteiger partial charge in [0.05, 0.1) is 12.2 Å². The molecule has 0 unspecified atom stereocenters. The number of hydrogen-bond donors (Lipinski definition) is 2. The van der Waals surface area contributed by atoms with Gasteiger partial charge >= 0.3 is 11.9 Å². The van der Waals surface area contributed by atoms with Crippen LogP contribution in [0.3, 0.4) is 0 Å². The van der Waals surface area contributed by atoms with E-state index < -0.39 is 36.9 Å². The Morgan fingerprint density at radius 2 is 1.38 bits per heavy atom. The molecule has 9 heteroatoms. The molecule has 4 rings (SSSR count). The molecule has 198 valence electrons.